The van der Waals surface area contributed by atoms with Gasteiger partial charge in [0.2, 0.25) is 0 Å². The third-order valence-electron chi connectivity index (χ3n) is 2.77. The van der Waals surface area contributed by atoms with Crippen molar-refractivity contribution in [1.82, 2.24) is 0 Å². The minimum absolute atomic E-state index is 0.458. The maximum atomic E-state index is 9.51. The Balaban J connectivity index is 1.78. The summed E-state index contributed by atoms with van der Waals surface area (Å²) in [5, 5.41) is 9.51. The van der Waals surface area contributed by atoms with Gasteiger partial charge in [0.05, 0.1) is 6.10 Å². The van der Waals surface area contributed by atoms with Crippen LogP contribution in [0, 0.1) is 0 Å². The fraction of sp³-hybridized carbons (Fsp3) is 0.250. The van der Waals surface area contributed by atoms with E-state index in [4.69, 9.17) is 9.47 Å². The molecular formula is C16H17BrO3. The van der Waals surface area contributed by atoms with E-state index in [1.165, 1.54) is 0 Å². The zero-order valence-corrected chi connectivity index (χ0v) is 12.8. The zero-order chi connectivity index (χ0) is 14.4. The molecular weight excluding hydrogens is 320 g/mol. The van der Waals surface area contributed by atoms with E-state index in [9.17, 15) is 5.11 Å². The normalized spacial score (nSPS) is 11.9. The Labute approximate surface area is 127 Å². The summed E-state index contributed by atoms with van der Waals surface area (Å²) in [6, 6.07) is 15.1. The Morgan fingerprint density at radius 2 is 1.65 bits per heavy atom. The van der Waals surface area contributed by atoms with E-state index in [0.29, 0.717) is 13.2 Å². The summed E-state index contributed by atoms with van der Waals surface area (Å²) in [4.78, 5) is 0. The SMILES string of the molecule is C[C@@H](O)c1cccc(OCCOc2ccc(Br)cc2)c1. The number of rotatable bonds is 6. The monoisotopic (exact) mass is 336 g/mol. The van der Waals surface area contributed by atoms with Crippen molar-refractivity contribution >= 4 is 15.9 Å². The second-order valence-electron chi connectivity index (χ2n) is 4.40. The lowest BCUT2D eigenvalue weighted by molar-refractivity contribution is 0.196. The third kappa shape index (κ3) is 4.54. The Morgan fingerprint density at radius 3 is 2.30 bits per heavy atom. The largest absolute Gasteiger partial charge is 0.490 e. The van der Waals surface area contributed by atoms with Gasteiger partial charge in [-0.25, -0.2) is 0 Å². The summed E-state index contributed by atoms with van der Waals surface area (Å²) in [6.07, 6.45) is -0.488. The lowest BCUT2D eigenvalue weighted by Crippen LogP contribution is -2.09. The zero-order valence-electron chi connectivity index (χ0n) is 11.3. The standard InChI is InChI=1S/C16H17BrO3/c1-12(18)13-3-2-4-16(11-13)20-10-9-19-15-7-5-14(17)6-8-15/h2-8,11-12,18H,9-10H2,1H3/t12-/m1/s1. The van der Waals surface area contributed by atoms with Crippen molar-refractivity contribution in [3.63, 3.8) is 0 Å². The average molecular weight is 337 g/mol. The van der Waals surface area contributed by atoms with E-state index >= 15 is 0 Å². The lowest BCUT2D eigenvalue weighted by atomic mass is 10.1. The Morgan fingerprint density at radius 1 is 1.00 bits per heavy atom. The van der Waals surface area contributed by atoms with Crippen molar-refractivity contribution in [3.8, 4) is 11.5 Å². The van der Waals surface area contributed by atoms with Crippen molar-refractivity contribution in [2.45, 2.75) is 13.0 Å². The van der Waals surface area contributed by atoms with Crippen molar-refractivity contribution < 1.29 is 14.6 Å². The minimum atomic E-state index is -0.488. The minimum Gasteiger partial charge on any atom is -0.490 e. The second-order valence-corrected chi connectivity index (χ2v) is 5.31. The van der Waals surface area contributed by atoms with Crippen molar-refractivity contribution in [2.24, 2.45) is 0 Å². The second kappa shape index (κ2) is 7.31. The number of ether oxygens (including phenoxy) is 2. The van der Waals surface area contributed by atoms with Crippen LogP contribution < -0.4 is 9.47 Å². The van der Waals surface area contributed by atoms with Crippen LogP contribution >= 0.6 is 15.9 Å². The molecule has 0 saturated heterocycles. The van der Waals surface area contributed by atoms with E-state index in [0.717, 1.165) is 21.5 Å². The molecule has 0 radical (unpaired) electrons. The highest BCUT2D eigenvalue weighted by atomic mass is 79.9. The first-order valence-electron chi connectivity index (χ1n) is 6.44. The van der Waals surface area contributed by atoms with Crippen LogP contribution in [0.25, 0.3) is 0 Å². The van der Waals surface area contributed by atoms with Gasteiger partial charge in [-0.3, -0.25) is 0 Å². The van der Waals surface area contributed by atoms with Crippen molar-refractivity contribution in [3.05, 3.63) is 58.6 Å². The molecule has 0 aromatic heterocycles. The highest BCUT2D eigenvalue weighted by molar-refractivity contribution is 9.10. The first-order valence-corrected chi connectivity index (χ1v) is 7.23. The van der Waals surface area contributed by atoms with Crippen molar-refractivity contribution in [1.29, 1.82) is 0 Å². The summed E-state index contributed by atoms with van der Waals surface area (Å²) in [7, 11) is 0. The lowest BCUT2D eigenvalue weighted by Gasteiger charge is -2.10. The van der Waals surface area contributed by atoms with Crippen LogP contribution in [0.2, 0.25) is 0 Å². The molecule has 0 aliphatic heterocycles. The molecule has 2 aromatic carbocycles. The molecule has 0 unspecified atom stereocenters. The summed E-state index contributed by atoms with van der Waals surface area (Å²) in [5.41, 5.74) is 0.844. The molecule has 2 aromatic rings. The highest BCUT2D eigenvalue weighted by Crippen LogP contribution is 2.19. The number of hydrogen-bond acceptors (Lipinski definition) is 3. The van der Waals surface area contributed by atoms with Gasteiger partial charge in [0.1, 0.15) is 24.7 Å². The third-order valence-corrected chi connectivity index (χ3v) is 3.30. The first-order chi connectivity index (χ1) is 9.65. The number of halogens is 1. The molecule has 0 amide bonds. The molecule has 0 bridgehead atoms. The number of aliphatic hydroxyl groups excluding tert-OH is 1. The predicted molar refractivity (Wildman–Crippen MR) is 82.2 cm³/mol. The number of aliphatic hydroxyl groups is 1. The van der Waals surface area contributed by atoms with Gasteiger partial charge >= 0.3 is 0 Å². The maximum absolute atomic E-state index is 9.51. The maximum Gasteiger partial charge on any atom is 0.122 e. The molecule has 1 atom stereocenters. The summed E-state index contributed by atoms with van der Waals surface area (Å²) in [5.74, 6) is 1.55. The van der Waals surface area contributed by atoms with Gasteiger partial charge in [-0.05, 0) is 48.9 Å². The predicted octanol–water partition coefficient (Wildman–Crippen LogP) is 3.96. The van der Waals surface area contributed by atoms with Gasteiger partial charge < -0.3 is 14.6 Å². The molecule has 0 fully saturated rings. The molecule has 0 heterocycles. The summed E-state index contributed by atoms with van der Waals surface area (Å²) >= 11 is 3.38. The molecule has 0 aliphatic carbocycles. The fourth-order valence-corrected chi connectivity index (χ4v) is 1.98. The van der Waals surface area contributed by atoms with E-state index < -0.39 is 6.10 Å². The van der Waals surface area contributed by atoms with Crippen LogP contribution in [-0.4, -0.2) is 18.3 Å². The molecule has 1 N–H and O–H groups in total. The quantitative estimate of drug-likeness (QED) is 0.811. The molecule has 106 valence electrons. The van der Waals surface area contributed by atoms with Crippen LogP contribution in [0.15, 0.2) is 53.0 Å². The van der Waals surface area contributed by atoms with E-state index in [2.05, 4.69) is 15.9 Å². The van der Waals surface area contributed by atoms with Crippen LogP contribution in [0.5, 0.6) is 11.5 Å². The van der Waals surface area contributed by atoms with Gasteiger partial charge in [0.25, 0.3) is 0 Å². The van der Waals surface area contributed by atoms with Crippen molar-refractivity contribution in [2.75, 3.05) is 13.2 Å². The van der Waals surface area contributed by atoms with Crippen LogP contribution in [0.4, 0.5) is 0 Å². The van der Waals surface area contributed by atoms with Crippen LogP contribution in [0.1, 0.15) is 18.6 Å². The number of benzene rings is 2. The molecule has 2 rings (SSSR count). The van der Waals surface area contributed by atoms with E-state index in [-0.39, 0.29) is 0 Å². The Kier molecular flexibility index (Phi) is 5.44. The van der Waals surface area contributed by atoms with Gasteiger partial charge in [-0.2, -0.15) is 0 Å². The first kappa shape index (κ1) is 14.9. The van der Waals surface area contributed by atoms with Crippen LogP contribution in [-0.2, 0) is 0 Å². The van der Waals surface area contributed by atoms with Gasteiger partial charge in [-0.15, -0.1) is 0 Å². The molecule has 0 spiro atoms. The average Bonchev–Trinajstić information content (AvgIpc) is 2.46. The molecule has 20 heavy (non-hydrogen) atoms. The summed E-state index contributed by atoms with van der Waals surface area (Å²) < 4.78 is 12.2. The van der Waals surface area contributed by atoms with E-state index in [1.807, 2.05) is 48.5 Å². The van der Waals surface area contributed by atoms with Gasteiger partial charge in [0, 0.05) is 4.47 Å². The van der Waals surface area contributed by atoms with Gasteiger partial charge in [0.15, 0.2) is 0 Å². The van der Waals surface area contributed by atoms with Crippen LogP contribution in [0.3, 0.4) is 0 Å². The topological polar surface area (TPSA) is 38.7 Å². The Hall–Kier alpha value is -1.52. The molecule has 0 saturated carbocycles. The Bertz CT molecular complexity index is 538. The molecule has 3 nitrogen and oxygen atoms in total. The summed E-state index contributed by atoms with van der Waals surface area (Å²) in [6.45, 7) is 2.66. The van der Waals surface area contributed by atoms with Gasteiger partial charge in [-0.1, -0.05) is 28.1 Å². The van der Waals surface area contributed by atoms with E-state index in [1.54, 1.807) is 6.92 Å². The molecule has 0 aliphatic rings. The molecule has 4 heteroatoms. The smallest absolute Gasteiger partial charge is 0.122 e. The fourth-order valence-electron chi connectivity index (χ4n) is 1.71. The number of hydrogen-bond donors (Lipinski definition) is 1. The highest BCUT2D eigenvalue weighted by Gasteiger charge is 2.02.